The van der Waals surface area contributed by atoms with E-state index in [2.05, 4.69) is 33.0 Å². The van der Waals surface area contributed by atoms with Crippen molar-refractivity contribution in [2.45, 2.75) is 33.2 Å². The van der Waals surface area contributed by atoms with Gasteiger partial charge in [-0.05, 0) is 49.0 Å². The molecule has 1 heterocycles. The van der Waals surface area contributed by atoms with Gasteiger partial charge in [-0.2, -0.15) is 4.80 Å². The number of thiocarbonyl (C=S) groups is 1. The summed E-state index contributed by atoms with van der Waals surface area (Å²) >= 11 is 5.10. The molecule has 0 radical (unpaired) electrons. The van der Waals surface area contributed by atoms with Crippen LogP contribution in [0.3, 0.4) is 0 Å². The molecule has 0 saturated carbocycles. The van der Waals surface area contributed by atoms with Gasteiger partial charge in [-0.25, -0.2) is 0 Å². The summed E-state index contributed by atoms with van der Waals surface area (Å²) in [6.07, 6.45) is 2.01. The molecule has 0 saturated heterocycles. The van der Waals surface area contributed by atoms with Gasteiger partial charge in [-0.15, -0.1) is 5.10 Å². The van der Waals surface area contributed by atoms with E-state index >= 15 is 0 Å². The molecule has 1 aromatic carbocycles. The van der Waals surface area contributed by atoms with E-state index in [0.717, 1.165) is 12.8 Å². The number of anilines is 1. The molecule has 0 aliphatic heterocycles. The molecule has 8 nitrogen and oxygen atoms in total. The Bertz CT molecular complexity index is 703. The minimum absolute atomic E-state index is 0.108. The van der Waals surface area contributed by atoms with Gasteiger partial charge in [0.1, 0.15) is 5.75 Å². The Morgan fingerprint density at radius 2 is 2.21 bits per heavy atom. The first-order valence-electron chi connectivity index (χ1n) is 7.75. The number of rotatable bonds is 7. The molecule has 0 aliphatic carbocycles. The highest BCUT2D eigenvalue weighted by Crippen LogP contribution is 2.13. The summed E-state index contributed by atoms with van der Waals surface area (Å²) in [5.41, 5.74) is 0.449. The molecule has 1 amide bonds. The first-order valence-corrected chi connectivity index (χ1v) is 8.16. The molecular formula is C15H20N6O2S. The highest BCUT2D eigenvalue weighted by atomic mass is 32.1. The first kappa shape index (κ1) is 17.8. The van der Waals surface area contributed by atoms with Crippen LogP contribution < -0.4 is 15.4 Å². The Balaban J connectivity index is 1.90. The standard InChI is InChI=1S/C15H20N6O2S/c1-3-5-9-21-19-14(18-20-21)17-15(24)16-13(22)11-7-6-8-12(10-11)23-4-2/h6-8,10H,3-5,9H2,1-2H3,(H2,16,17,19,22,24). The van der Waals surface area contributed by atoms with Gasteiger partial charge in [0.25, 0.3) is 11.9 Å². The summed E-state index contributed by atoms with van der Waals surface area (Å²) in [5, 5.41) is 17.3. The van der Waals surface area contributed by atoms with Crippen molar-refractivity contribution in [3.05, 3.63) is 29.8 Å². The molecule has 2 aromatic rings. The van der Waals surface area contributed by atoms with Crippen LogP contribution in [0.1, 0.15) is 37.0 Å². The summed E-state index contributed by atoms with van der Waals surface area (Å²) in [4.78, 5) is 13.7. The zero-order valence-electron chi connectivity index (χ0n) is 13.7. The minimum atomic E-state index is -0.340. The Hall–Kier alpha value is -2.55. The number of ether oxygens (including phenoxy) is 1. The molecule has 1 aromatic heterocycles. The predicted octanol–water partition coefficient (Wildman–Crippen LogP) is 2.00. The van der Waals surface area contributed by atoms with Crippen LogP contribution in [-0.4, -0.2) is 37.8 Å². The van der Waals surface area contributed by atoms with Crippen molar-refractivity contribution in [2.75, 3.05) is 11.9 Å². The third kappa shape index (κ3) is 5.27. The van der Waals surface area contributed by atoms with Gasteiger partial charge in [0.15, 0.2) is 5.11 Å². The zero-order chi connectivity index (χ0) is 17.4. The number of amides is 1. The van der Waals surface area contributed by atoms with E-state index < -0.39 is 0 Å². The lowest BCUT2D eigenvalue weighted by molar-refractivity contribution is 0.0977. The molecule has 0 bridgehead atoms. The van der Waals surface area contributed by atoms with Crippen LogP contribution >= 0.6 is 12.2 Å². The number of aryl methyl sites for hydroxylation is 1. The molecule has 0 spiro atoms. The largest absolute Gasteiger partial charge is 0.494 e. The molecule has 128 valence electrons. The second-order valence-corrected chi connectivity index (χ2v) is 5.34. The second kappa shape index (κ2) is 8.92. The number of hydrogen-bond donors (Lipinski definition) is 2. The molecule has 0 unspecified atom stereocenters. The fraction of sp³-hybridized carbons (Fsp3) is 0.400. The van der Waals surface area contributed by atoms with E-state index in [1.807, 2.05) is 6.92 Å². The van der Waals surface area contributed by atoms with Crippen LogP contribution in [0, 0.1) is 0 Å². The normalized spacial score (nSPS) is 10.2. The average Bonchev–Trinajstić information content (AvgIpc) is 3.00. The fourth-order valence-corrected chi connectivity index (χ4v) is 2.07. The van der Waals surface area contributed by atoms with Crippen molar-refractivity contribution in [1.29, 1.82) is 0 Å². The van der Waals surface area contributed by atoms with Crippen molar-refractivity contribution in [1.82, 2.24) is 25.5 Å². The molecule has 2 N–H and O–H groups in total. The van der Waals surface area contributed by atoms with Crippen molar-refractivity contribution < 1.29 is 9.53 Å². The monoisotopic (exact) mass is 348 g/mol. The Kier molecular flexibility index (Phi) is 6.62. The molecule has 0 aliphatic rings. The molecule has 0 atom stereocenters. The number of unbranched alkanes of at least 4 members (excludes halogenated alkanes) is 1. The van der Waals surface area contributed by atoms with Crippen LogP contribution in [-0.2, 0) is 6.54 Å². The number of carbonyl (C=O) groups excluding carboxylic acids is 1. The van der Waals surface area contributed by atoms with E-state index in [9.17, 15) is 4.79 Å². The summed E-state index contributed by atoms with van der Waals surface area (Å²) in [6.45, 7) is 5.19. The summed E-state index contributed by atoms with van der Waals surface area (Å²) in [7, 11) is 0. The van der Waals surface area contributed by atoms with Crippen LogP contribution in [0.15, 0.2) is 24.3 Å². The van der Waals surface area contributed by atoms with Gasteiger partial charge < -0.3 is 4.74 Å². The lowest BCUT2D eigenvalue weighted by atomic mass is 10.2. The van der Waals surface area contributed by atoms with Crippen molar-refractivity contribution in [3.8, 4) is 5.75 Å². The number of aromatic nitrogens is 4. The zero-order valence-corrected chi connectivity index (χ0v) is 14.5. The number of benzene rings is 1. The summed E-state index contributed by atoms with van der Waals surface area (Å²) in [6, 6.07) is 6.87. The number of hydrogen-bond acceptors (Lipinski definition) is 6. The predicted molar refractivity (Wildman–Crippen MR) is 94.0 cm³/mol. The number of nitrogens with zero attached hydrogens (tertiary/aromatic N) is 4. The molecule has 2 rings (SSSR count). The average molecular weight is 348 g/mol. The molecule has 24 heavy (non-hydrogen) atoms. The minimum Gasteiger partial charge on any atom is -0.494 e. The van der Waals surface area contributed by atoms with Gasteiger partial charge in [0, 0.05) is 5.56 Å². The van der Waals surface area contributed by atoms with Gasteiger partial charge >= 0.3 is 0 Å². The Labute approximate surface area is 145 Å². The summed E-state index contributed by atoms with van der Waals surface area (Å²) in [5.74, 6) is 0.538. The van der Waals surface area contributed by atoms with E-state index in [4.69, 9.17) is 17.0 Å². The third-order valence-electron chi connectivity index (χ3n) is 3.02. The Morgan fingerprint density at radius 3 is 2.96 bits per heavy atom. The first-order chi connectivity index (χ1) is 11.6. The van der Waals surface area contributed by atoms with E-state index in [-0.39, 0.29) is 17.0 Å². The maximum absolute atomic E-state index is 12.2. The van der Waals surface area contributed by atoms with E-state index in [1.165, 1.54) is 4.80 Å². The molecule has 0 fully saturated rings. The third-order valence-corrected chi connectivity index (χ3v) is 3.23. The fourth-order valence-electron chi connectivity index (χ4n) is 1.89. The number of tetrazole rings is 1. The van der Waals surface area contributed by atoms with Crippen LogP contribution in [0.4, 0.5) is 5.95 Å². The van der Waals surface area contributed by atoms with Crippen molar-refractivity contribution in [2.24, 2.45) is 0 Å². The van der Waals surface area contributed by atoms with Gasteiger partial charge in [-0.3, -0.25) is 15.4 Å². The highest BCUT2D eigenvalue weighted by molar-refractivity contribution is 7.80. The molecular weight excluding hydrogens is 328 g/mol. The summed E-state index contributed by atoms with van der Waals surface area (Å²) < 4.78 is 5.37. The van der Waals surface area contributed by atoms with Gasteiger partial charge in [0.05, 0.1) is 13.2 Å². The quantitative estimate of drug-likeness (QED) is 0.739. The maximum atomic E-state index is 12.2. The Morgan fingerprint density at radius 1 is 1.38 bits per heavy atom. The van der Waals surface area contributed by atoms with Crippen molar-refractivity contribution in [3.63, 3.8) is 0 Å². The van der Waals surface area contributed by atoms with E-state index in [1.54, 1.807) is 24.3 Å². The van der Waals surface area contributed by atoms with Crippen LogP contribution in [0.2, 0.25) is 0 Å². The number of nitrogens with one attached hydrogen (secondary N) is 2. The van der Waals surface area contributed by atoms with Crippen LogP contribution in [0.5, 0.6) is 5.75 Å². The van der Waals surface area contributed by atoms with E-state index in [0.29, 0.717) is 24.5 Å². The molecule has 9 heteroatoms. The maximum Gasteiger partial charge on any atom is 0.269 e. The number of carbonyl (C=O) groups is 1. The lowest BCUT2D eigenvalue weighted by Crippen LogP contribution is -2.34. The SMILES string of the molecule is CCCCn1nnc(NC(=S)NC(=O)c2cccc(OCC)c2)n1. The highest BCUT2D eigenvalue weighted by Gasteiger charge is 2.11. The van der Waals surface area contributed by atoms with Crippen molar-refractivity contribution >= 4 is 29.2 Å². The smallest absolute Gasteiger partial charge is 0.269 e. The van der Waals surface area contributed by atoms with Gasteiger partial charge in [-0.1, -0.05) is 24.5 Å². The van der Waals surface area contributed by atoms with Gasteiger partial charge in [0.2, 0.25) is 0 Å². The second-order valence-electron chi connectivity index (χ2n) is 4.93. The lowest BCUT2D eigenvalue weighted by Gasteiger charge is -2.08. The van der Waals surface area contributed by atoms with Crippen LogP contribution in [0.25, 0.3) is 0 Å². The topological polar surface area (TPSA) is 94.0 Å².